The lowest BCUT2D eigenvalue weighted by atomic mass is 10.1. The van der Waals surface area contributed by atoms with Crippen LogP contribution in [-0.4, -0.2) is 28.9 Å². The molecule has 1 aromatic heterocycles. The number of nitrogens with zero attached hydrogens (tertiary/aromatic N) is 2. The lowest BCUT2D eigenvalue weighted by Gasteiger charge is -2.09. The van der Waals surface area contributed by atoms with Gasteiger partial charge < -0.3 is 10.5 Å². The van der Waals surface area contributed by atoms with Crippen LogP contribution in [0.25, 0.3) is 5.69 Å². The Bertz CT molecular complexity index is 563. The molecule has 0 aliphatic rings. The van der Waals surface area contributed by atoms with E-state index in [9.17, 15) is 4.79 Å². The van der Waals surface area contributed by atoms with Crippen LogP contribution in [0.1, 0.15) is 11.3 Å². The van der Waals surface area contributed by atoms with Crippen molar-refractivity contribution < 1.29 is 9.53 Å². The molecular weight excluding hydrogens is 242 g/mol. The van der Waals surface area contributed by atoms with Gasteiger partial charge in [-0.3, -0.25) is 4.79 Å². The van der Waals surface area contributed by atoms with Gasteiger partial charge in [-0.05, 0) is 24.6 Å². The van der Waals surface area contributed by atoms with Gasteiger partial charge in [0.2, 0.25) is 0 Å². The van der Waals surface area contributed by atoms with Gasteiger partial charge in [0.15, 0.2) is 0 Å². The number of hydrogen-bond donors (Lipinski definition) is 1. The molecule has 1 atom stereocenters. The lowest BCUT2D eigenvalue weighted by Crippen LogP contribution is -2.33. The minimum atomic E-state index is -0.655. The van der Waals surface area contributed by atoms with Crippen molar-refractivity contribution in [2.75, 3.05) is 7.11 Å². The van der Waals surface area contributed by atoms with E-state index in [1.807, 2.05) is 41.9 Å². The van der Waals surface area contributed by atoms with Crippen LogP contribution in [-0.2, 0) is 16.0 Å². The topological polar surface area (TPSA) is 70.1 Å². The van der Waals surface area contributed by atoms with Gasteiger partial charge in [-0.25, -0.2) is 4.68 Å². The van der Waals surface area contributed by atoms with Crippen LogP contribution in [0.2, 0.25) is 0 Å². The average Bonchev–Trinajstić information content (AvgIpc) is 2.80. The second-order valence-electron chi connectivity index (χ2n) is 4.34. The van der Waals surface area contributed by atoms with Gasteiger partial charge in [-0.15, -0.1) is 0 Å². The number of nitrogens with two attached hydrogens (primary N) is 1. The molecule has 2 aromatic rings. The van der Waals surface area contributed by atoms with Gasteiger partial charge in [0.05, 0.1) is 19.0 Å². The van der Waals surface area contributed by atoms with E-state index >= 15 is 0 Å². The van der Waals surface area contributed by atoms with E-state index < -0.39 is 12.0 Å². The second kappa shape index (κ2) is 5.67. The number of rotatable bonds is 4. The molecule has 2 rings (SSSR count). The molecule has 2 N–H and O–H groups in total. The Hall–Kier alpha value is -2.14. The minimum Gasteiger partial charge on any atom is -0.468 e. The highest BCUT2D eigenvalue weighted by atomic mass is 16.5. The monoisotopic (exact) mass is 259 g/mol. The van der Waals surface area contributed by atoms with Crippen LogP contribution < -0.4 is 5.73 Å². The first kappa shape index (κ1) is 13.3. The smallest absolute Gasteiger partial charge is 0.322 e. The van der Waals surface area contributed by atoms with Crippen molar-refractivity contribution in [3.63, 3.8) is 0 Å². The summed E-state index contributed by atoms with van der Waals surface area (Å²) in [6.07, 6.45) is 2.16. The van der Waals surface area contributed by atoms with E-state index in [1.165, 1.54) is 7.11 Å². The molecule has 0 fully saturated rings. The number of para-hydroxylation sites is 1. The summed E-state index contributed by atoms with van der Waals surface area (Å²) >= 11 is 0. The van der Waals surface area contributed by atoms with Gasteiger partial charge in [0.1, 0.15) is 6.04 Å². The summed E-state index contributed by atoms with van der Waals surface area (Å²) in [5.74, 6) is -0.410. The number of methoxy groups -OCH3 is 1. The molecular formula is C14H17N3O2. The Morgan fingerprint density at radius 2 is 2.11 bits per heavy atom. The quantitative estimate of drug-likeness (QED) is 0.838. The fraction of sp³-hybridized carbons (Fsp3) is 0.286. The fourth-order valence-corrected chi connectivity index (χ4v) is 1.95. The molecule has 1 unspecified atom stereocenters. The van der Waals surface area contributed by atoms with Crippen LogP contribution in [0.4, 0.5) is 0 Å². The normalized spacial score (nSPS) is 12.2. The lowest BCUT2D eigenvalue weighted by molar-refractivity contribution is -0.142. The number of esters is 1. The molecule has 0 bridgehead atoms. The van der Waals surface area contributed by atoms with E-state index in [1.54, 1.807) is 6.20 Å². The third-order valence-electron chi connectivity index (χ3n) is 3.06. The highest BCUT2D eigenvalue weighted by Crippen LogP contribution is 2.15. The second-order valence-corrected chi connectivity index (χ2v) is 4.34. The van der Waals surface area contributed by atoms with Crippen molar-refractivity contribution in [2.45, 2.75) is 19.4 Å². The van der Waals surface area contributed by atoms with Crippen molar-refractivity contribution in [3.05, 3.63) is 47.8 Å². The molecule has 19 heavy (non-hydrogen) atoms. The SMILES string of the molecule is COC(=O)C(N)Cc1cnn(-c2ccccc2)c1C. The van der Waals surface area contributed by atoms with E-state index in [-0.39, 0.29) is 0 Å². The average molecular weight is 259 g/mol. The summed E-state index contributed by atoms with van der Waals surface area (Å²) in [5, 5.41) is 4.33. The van der Waals surface area contributed by atoms with Crippen molar-refractivity contribution >= 4 is 5.97 Å². The molecule has 0 saturated carbocycles. The Morgan fingerprint density at radius 1 is 1.42 bits per heavy atom. The molecule has 0 saturated heterocycles. The zero-order valence-electron chi connectivity index (χ0n) is 11.0. The van der Waals surface area contributed by atoms with Crippen LogP contribution in [0.5, 0.6) is 0 Å². The number of carbonyl (C=O) groups excluding carboxylic acids is 1. The molecule has 5 heteroatoms. The van der Waals surface area contributed by atoms with Gasteiger partial charge >= 0.3 is 5.97 Å². The third-order valence-corrected chi connectivity index (χ3v) is 3.06. The highest BCUT2D eigenvalue weighted by molar-refractivity contribution is 5.75. The molecule has 1 aromatic carbocycles. The summed E-state index contributed by atoms with van der Waals surface area (Å²) in [6.45, 7) is 1.96. The van der Waals surface area contributed by atoms with Gasteiger partial charge in [0, 0.05) is 12.1 Å². The predicted octanol–water partition coefficient (Wildman–Crippen LogP) is 1.22. The van der Waals surface area contributed by atoms with Gasteiger partial charge in [0.25, 0.3) is 0 Å². The van der Waals surface area contributed by atoms with E-state index in [4.69, 9.17) is 5.73 Å². The zero-order chi connectivity index (χ0) is 13.8. The molecule has 5 nitrogen and oxygen atoms in total. The third kappa shape index (κ3) is 2.82. The zero-order valence-corrected chi connectivity index (χ0v) is 11.0. The van der Waals surface area contributed by atoms with Crippen LogP contribution in [0.15, 0.2) is 36.5 Å². The number of benzene rings is 1. The predicted molar refractivity (Wildman–Crippen MR) is 72.0 cm³/mol. The largest absolute Gasteiger partial charge is 0.468 e. The molecule has 1 heterocycles. The highest BCUT2D eigenvalue weighted by Gasteiger charge is 2.17. The van der Waals surface area contributed by atoms with Crippen molar-refractivity contribution in [1.29, 1.82) is 0 Å². The Morgan fingerprint density at radius 3 is 2.74 bits per heavy atom. The molecule has 0 spiro atoms. The number of hydrogen-bond acceptors (Lipinski definition) is 4. The standard InChI is InChI=1S/C14H17N3O2/c1-10-11(8-13(15)14(18)19-2)9-16-17(10)12-6-4-3-5-7-12/h3-7,9,13H,8,15H2,1-2H3. The Kier molecular flexibility index (Phi) is 3.97. The van der Waals surface area contributed by atoms with E-state index in [2.05, 4.69) is 9.84 Å². The first-order chi connectivity index (χ1) is 9.13. The number of ether oxygens (including phenoxy) is 1. The van der Waals surface area contributed by atoms with Gasteiger partial charge in [-0.2, -0.15) is 5.10 Å². The Balaban J connectivity index is 2.22. The maximum atomic E-state index is 11.3. The number of aromatic nitrogens is 2. The Labute approximate surface area is 112 Å². The van der Waals surface area contributed by atoms with Crippen LogP contribution >= 0.6 is 0 Å². The van der Waals surface area contributed by atoms with E-state index in [0.29, 0.717) is 6.42 Å². The maximum Gasteiger partial charge on any atom is 0.322 e. The van der Waals surface area contributed by atoms with Crippen molar-refractivity contribution in [2.24, 2.45) is 5.73 Å². The maximum absolute atomic E-state index is 11.3. The van der Waals surface area contributed by atoms with Gasteiger partial charge in [-0.1, -0.05) is 18.2 Å². The van der Waals surface area contributed by atoms with Crippen molar-refractivity contribution in [3.8, 4) is 5.69 Å². The van der Waals surface area contributed by atoms with E-state index in [0.717, 1.165) is 16.9 Å². The summed E-state index contributed by atoms with van der Waals surface area (Å²) in [7, 11) is 1.34. The molecule has 0 aliphatic heterocycles. The molecule has 0 aliphatic carbocycles. The summed E-state index contributed by atoms with van der Waals surface area (Å²) in [5.41, 5.74) is 8.67. The first-order valence-corrected chi connectivity index (χ1v) is 6.06. The van der Waals surface area contributed by atoms with Crippen LogP contribution in [0.3, 0.4) is 0 Å². The molecule has 100 valence electrons. The summed E-state index contributed by atoms with van der Waals surface area (Å²) < 4.78 is 6.46. The van der Waals surface area contributed by atoms with Crippen LogP contribution in [0, 0.1) is 6.92 Å². The summed E-state index contributed by atoms with van der Waals surface area (Å²) in [6, 6.07) is 9.16. The summed E-state index contributed by atoms with van der Waals surface area (Å²) in [4.78, 5) is 11.3. The minimum absolute atomic E-state index is 0.410. The van der Waals surface area contributed by atoms with Crippen molar-refractivity contribution in [1.82, 2.24) is 9.78 Å². The fourth-order valence-electron chi connectivity index (χ4n) is 1.95. The first-order valence-electron chi connectivity index (χ1n) is 6.06. The molecule has 0 amide bonds. The number of carbonyl (C=O) groups is 1. The molecule has 0 radical (unpaired) electrons.